The molecule has 2 aromatic heterocycles. The monoisotopic (exact) mass is 469 g/mol. The van der Waals surface area contributed by atoms with Crippen LogP contribution in [0, 0.1) is 0 Å². The van der Waals surface area contributed by atoms with Crippen molar-refractivity contribution in [3.05, 3.63) is 83.8 Å². The van der Waals surface area contributed by atoms with E-state index in [1.807, 2.05) is 22.7 Å². The molecule has 0 saturated heterocycles. The molecule has 0 spiro atoms. The topological polar surface area (TPSA) is 72.7 Å². The Morgan fingerprint density at radius 3 is 2.52 bits per heavy atom. The normalized spacial score (nSPS) is 16.2. The van der Waals surface area contributed by atoms with Crippen LogP contribution in [0.4, 0.5) is 8.78 Å². The molecule has 9 heteroatoms. The zero-order valence-electron chi connectivity index (χ0n) is 17.7. The molecule has 0 radical (unpaired) electrons. The number of alkyl halides is 2. The van der Waals surface area contributed by atoms with Crippen LogP contribution >= 0.6 is 0 Å². The number of halogens is 2. The highest BCUT2D eigenvalue weighted by Gasteiger charge is 2.29. The van der Waals surface area contributed by atoms with Gasteiger partial charge in [0.15, 0.2) is 9.84 Å². The fourth-order valence-electron chi connectivity index (χ4n) is 4.28. The molecule has 4 aromatic rings. The number of nitrogens with zero attached hydrogens (tertiary/aromatic N) is 2. The van der Waals surface area contributed by atoms with Crippen molar-refractivity contribution in [2.24, 2.45) is 0 Å². The fraction of sp³-hybridized carbons (Fsp3) is 0.208. The number of rotatable bonds is 5. The van der Waals surface area contributed by atoms with Gasteiger partial charge in [-0.2, -0.15) is 8.78 Å². The Morgan fingerprint density at radius 1 is 1.06 bits per heavy atom. The lowest BCUT2D eigenvalue weighted by atomic mass is 9.97. The van der Waals surface area contributed by atoms with Crippen LogP contribution in [0.25, 0.3) is 16.8 Å². The molecule has 1 atom stereocenters. The Kier molecular flexibility index (Phi) is 5.38. The highest BCUT2D eigenvalue weighted by Crippen LogP contribution is 2.36. The van der Waals surface area contributed by atoms with Crippen LogP contribution in [0.15, 0.2) is 71.8 Å². The van der Waals surface area contributed by atoms with Crippen molar-refractivity contribution in [1.82, 2.24) is 14.7 Å². The van der Waals surface area contributed by atoms with Crippen molar-refractivity contribution in [3.63, 3.8) is 0 Å². The number of nitrogens with one attached hydrogen (secondary N) is 1. The molecule has 1 aliphatic rings. The molecule has 0 fully saturated rings. The smallest absolute Gasteiger partial charge is 0.387 e. The summed E-state index contributed by atoms with van der Waals surface area (Å²) in [5.74, 6) is 0.125. The van der Waals surface area contributed by atoms with Crippen molar-refractivity contribution in [1.29, 1.82) is 0 Å². The van der Waals surface area contributed by atoms with Gasteiger partial charge >= 0.3 is 6.61 Å². The van der Waals surface area contributed by atoms with E-state index in [0.29, 0.717) is 18.5 Å². The number of aromatic nitrogens is 2. The quantitative estimate of drug-likeness (QED) is 0.473. The van der Waals surface area contributed by atoms with Gasteiger partial charge in [0.2, 0.25) is 0 Å². The van der Waals surface area contributed by atoms with Crippen LogP contribution in [0.5, 0.6) is 5.75 Å². The number of imidazole rings is 1. The van der Waals surface area contributed by atoms with Crippen LogP contribution < -0.4 is 10.1 Å². The largest absolute Gasteiger partial charge is 0.434 e. The van der Waals surface area contributed by atoms with Crippen molar-refractivity contribution >= 4 is 15.5 Å². The maximum absolute atomic E-state index is 13.0. The molecule has 0 saturated carbocycles. The Morgan fingerprint density at radius 2 is 1.79 bits per heavy atom. The molecule has 1 N–H and O–H groups in total. The predicted molar refractivity (Wildman–Crippen MR) is 120 cm³/mol. The molecule has 170 valence electrons. The summed E-state index contributed by atoms with van der Waals surface area (Å²) in [4.78, 5) is 5.01. The molecule has 2 aromatic carbocycles. The van der Waals surface area contributed by atoms with E-state index < -0.39 is 16.4 Å². The van der Waals surface area contributed by atoms with Gasteiger partial charge in [-0.25, -0.2) is 13.4 Å². The number of para-hydroxylation sites is 1. The third-order valence-electron chi connectivity index (χ3n) is 5.78. The second kappa shape index (κ2) is 8.24. The summed E-state index contributed by atoms with van der Waals surface area (Å²) in [6.45, 7) is -2.26. The van der Waals surface area contributed by atoms with Crippen molar-refractivity contribution in [2.75, 3.05) is 12.8 Å². The number of pyridine rings is 1. The van der Waals surface area contributed by atoms with Crippen molar-refractivity contribution in [2.45, 2.75) is 24.0 Å². The molecular formula is C24H21F2N3O3S. The molecule has 1 unspecified atom stereocenters. The third kappa shape index (κ3) is 4.09. The Labute approximate surface area is 189 Å². The van der Waals surface area contributed by atoms with Gasteiger partial charge in [-0.3, -0.25) is 0 Å². The SMILES string of the molecule is CS(=O)(=O)c1ccc(-c2ccc3nc4c(n3c2)C(c2ccccc2OC(F)F)NCC4)cc1. The summed E-state index contributed by atoms with van der Waals surface area (Å²) in [6, 6.07) is 16.9. The molecule has 3 heterocycles. The first kappa shape index (κ1) is 21.5. The lowest BCUT2D eigenvalue weighted by Gasteiger charge is -2.26. The Bertz CT molecular complexity index is 1430. The minimum atomic E-state index is -3.28. The van der Waals surface area contributed by atoms with Gasteiger partial charge in [-0.1, -0.05) is 30.3 Å². The summed E-state index contributed by atoms with van der Waals surface area (Å²) in [5.41, 5.74) is 4.87. The number of ether oxygens (including phenoxy) is 1. The first-order valence-corrected chi connectivity index (χ1v) is 12.3. The average Bonchev–Trinajstić information content (AvgIpc) is 3.17. The zero-order valence-corrected chi connectivity index (χ0v) is 18.5. The molecule has 0 amide bonds. The highest BCUT2D eigenvalue weighted by molar-refractivity contribution is 7.90. The second-order valence-corrected chi connectivity index (χ2v) is 9.96. The van der Waals surface area contributed by atoms with E-state index in [9.17, 15) is 17.2 Å². The van der Waals surface area contributed by atoms with Crippen LogP contribution in [0.3, 0.4) is 0 Å². The highest BCUT2D eigenvalue weighted by atomic mass is 32.2. The Hall–Kier alpha value is -3.30. The van der Waals surface area contributed by atoms with Gasteiger partial charge in [0.05, 0.1) is 22.3 Å². The van der Waals surface area contributed by atoms with Gasteiger partial charge in [0, 0.05) is 31.0 Å². The lowest BCUT2D eigenvalue weighted by Crippen LogP contribution is -2.31. The molecular weight excluding hydrogens is 448 g/mol. The van der Waals surface area contributed by atoms with E-state index in [4.69, 9.17) is 9.72 Å². The first-order valence-electron chi connectivity index (χ1n) is 10.4. The van der Waals surface area contributed by atoms with E-state index in [1.165, 1.54) is 12.3 Å². The van der Waals surface area contributed by atoms with Gasteiger partial charge in [-0.15, -0.1) is 0 Å². The van der Waals surface area contributed by atoms with E-state index in [-0.39, 0.29) is 16.7 Å². The van der Waals surface area contributed by atoms with Gasteiger partial charge < -0.3 is 14.5 Å². The maximum atomic E-state index is 13.0. The maximum Gasteiger partial charge on any atom is 0.387 e. The summed E-state index contributed by atoms with van der Waals surface area (Å²) >= 11 is 0. The van der Waals surface area contributed by atoms with E-state index >= 15 is 0 Å². The molecule has 33 heavy (non-hydrogen) atoms. The molecule has 0 bridgehead atoms. The molecule has 0 aliphatic carbocycles. The van der Waals surface area contributed by atoms with Crippen LogP contribution in [0.1, 0.15) is 23.0 Å². The van der Waals surface area contributed by atoms with Crippen molar-refractivity contribution in [3.8, 4) is 16.9 Å². The summed E-state index contributed by atoms with van der Waals surface area (Å²) in [7, 11) is -3.28. The zero-order chi connectivity index (χ0) is 23.2. The third-order valence-corrected chi connectivity index (χ3v) is 6.91. The van der Waals surface area contributed by atoms with Crippen LogP contribution in [-0.2, 0) is 16.3 Å². The molecule has 6 nitrogen and oxygen atoms in total. The summed E-state index contributed by atoms with van der Waals surface area (Å²) in [6.07, 6.45) is 3.82. The summed E-state index contributed by atoms with van der Waals surface area (Å²) < 4.78 is 56.3. The molecule has 1 aliphatic heterocycles. The fourth-order valence-corrected chi connectivity index (χ4v) is 4.91. The van der Waals surface area contributed by atoms with Crippen LogP contribution in [0.2, 0.25) is 0 Å². The number of benzene rings is 2. The lowest BCUT2D eigenvalue weighted by molar-refractivity contribution is -0.0506. The predicted octanol–water partition coefficient (Wildman–Crippen LogP) is 4.24. The Balaban J connectivity index is 1.61. The standard InChI is InChI=1S/C24H21F2N3O3S/c1-33(30,31)17-9-6-15(7-10-17)16-8-11-21-28-19-12-13-27-22(23(19)29(21)14-16)18-4-2-3-5-20(18)32-24(25)26/h2-11,14,22,24,27H,12-13H2,1H3. The minimum absolute atomic E-state index is 0.125. The van der Waals surface area contributed by atoms with Gasteiger partial charge in [-0.05, 0) is 41.5 Å². The minimum Gasteiger partial charge on any atom is -0.434 e. The average molecular weight is 470 g/mol. The van der Waals surface area contributed by atoms with E-state index in [1.54, 1.807) is 42.5 Å². The summed E-state index contributed by atoms with van der Waals surface area (Å²) in [5, 5.41) is 3.41. The number of fused-ring (bicyclic) bond motifs is 3. The van der Waals surface area contributed by atoms with Gasteiger partial charge in [0.1, 0.15) is 11.4 Å². The second-order valence-electron chi connectivity index (χ2n) is 7.94. The number of hydrogen-bond donors (Lipinski definition) is 1. The number of hydrogen-bond acceptors (Lipinski definition) is 5. The molecule has 5 rings (SSSR count). The van der Waals surface area contributed by atoms with Gasteiger partial charge in [0.25, 0.3) is 0 Å². The van der Waals surface area contributed by atoms with Crippen LogP contribution in [-0.4, -0.2) is 37.2 Å². The van der Waals surface area contributed by atoms with E-state index in [0.717, 1.165) is 28.2 Å². The van der Waals surface area contributed by atoms with Crippen molar-refractivity contribution < 1.29 is 21.9 Å². The first-order chi connectivity index (χ1) is 15.8. The van der Waals surface area contributed by atoms with E-state index in [2.05, 4.69) is 5.32 Å². The number of sulfone groups is 1.